The van der Waals surface area contributed by atoms with Crippen molar-refractivity contribution in [3.8, 4) is 17.6 Å². The maximum atomic E-state index is 13.7. The van der Waals surface area contributed by atoms with Gasteiger partial charge < -0.3 is 14.8 Å². The SMILES string of the molecule is CN(C)S(=O)(=O)N1c2cc3c(cc2NC1C#N)OC(F)(Cl)C(F)(F)O3. The van der Waals surface area contributed by atoms with Gasteiger partial charge in [0, 0.05) is 26.2 Å². The minimum absolute atomic E-state index is 0.0389. The number of halogens is 4. The monoisotopic (exact) mass is 398 g/mol. The van der Waals surface area contributed by atoms with Crippen molar-refractivity contribution >= 4 is 33.2 Å². The van der Waals surface area contributed by atoms with E-state index in [0.717, 1.165) is 16.4 Å². The van der Waals surface area contributed by atoms with Gasteiger partial charge in [-0.1, -0.05) is 0 Å². The highest BCUT2D eigenvalue weighted by molar-refractivity contribution is 7.90. The fourth-order valence-electron chi connectivity index (χ4n) is 2.26. The molecule has 8 nitrogen and oxygen atoms in total. The summed E-state index contributed by atoms with van der Waals surface area (Å²) in [7, 11) is -1.66. The molecule has 2 aliphatic heterocycles. The molecule has 2 heterocycles. The van der Waals surface area contributed by atoms with Crippen molar-refractivity contribution in [1.29, 1.82) is 5.26 Å². The van der Waals surface area contributed by atoms with Crippen molar-refractivity contribution in [3.63, 3.8) is 0 Å². The van der Waals surface area contributed by atoms with Crippen LogP contribution in [0.4, 0.5) is 24.5 Å². The highest BCUT2D eigenvalue weighted by atomic mass is 35.5. The zero-order chi connectivity index (χ0) is 18.8. The summed E-state index contributed by atoms with van der Waals surface area (Å²) in [4.78, 5) is 0. The lowest BCUT2D eigenvalue weighted by molar-refractivity contribution is -0.303. The normalized spacial score (nSPS) is 26.8. The topological polar surface area (TPSA) is 94.9 Å². The number of fused-ring (bicyclic) bond motifs is 2. The van der Waals surface area contributed by atoms with E-state index in [1.165, 1.54) is 14.1 Å². The Bertz CT molecular complexity index is 887. The standard InChI is InChI=1S/C12H10ClF3N4O4S/c1-19(2)25(21,22)20-7-4-9-8(3-6(7)18-10(20)5-17)23-11(13,14)12(15,16)24-9/h3-4,10,18H,1-2H3. The van der Waals surface area contributed by atoms with Crippen LogP contribution in [-0.4, -0.2) is 44.4 Å². The minimum Gasteiger partial charge on any atom is -0.434 e. The van der Waals surface area contributed by atoms with Crippen LogP contribution in [0.1, 0.15) is 0 Å². The van der Waals surface area contributed by atoms with E-state index in [2.05, 4.69) is 14.8 Å². The Morgan fingerprint density at radius 1 is 1.32 bits per heavy atom. The van der Waals surface area contributed by atoms with Crippen LogP contribution in [0.15, 0.2) is 12.1 Å². The van der Waals surface area contributed by atoms with Crippen LogP contribution in [0.3, 0.4) is 0 Å². The molecule has 1 aromatic carbocycles. The summed E-state index contributed by atoms with van der Waals surface area (Å²) in [6.07, 6.45) is -5.86. The molecule has 25 heavy (non-hydrogen) atoms. The molecule has 0 radical (unpaired) electrons. The maximum absolute atomic E-state index is 13.7. The molecule has 0 saturated carbocycles. The molecule has 0 spiro atoms. The summed E-state index contributed by atoms with van der Waals surface area (Å²) in [5, 5.41) is 7.81. The molecule has 0 aromatic heterocycles. The number of hydrogen-bond donors (Lipinski definition) is 1. The van der Waals surface area contributed by atoms with Crippen LogP contribution < -0.4 is 19.1 Å². The largest absolute Gasteiger partial charge is 0.488 e. The predicted molar refractivity (Wildman–Crippen MR) is 80.4 cm³/mol. The molecule has 0 bridgehead atoms. The molecule has 2 atom stereocenters. The van der Waals surface area contributed by atoms with Gasteiger partial charge in [-0.15, -0.1) is 0 Å². The molecule has 0 fully saturated rings. The number of nitriles is 1. The molecule has 0 aliphatic carbocycles. The van der Waals surface area contributed by atoms with Crippen molar-refractivity contribution in [2.24, 2.45) is 0 Å². The molecular weight excluding hydrogens is 389 g/mol. The highest BCUT2D eigenvalue weighted by Crippen LogP contribution is 2.52. The zero-order valence-electron chi connectivity index (χ0n) is 12.6. The first-order valence-electron chi connectivity index (χ1n) is 6.60. The third-order valence-electron chi connectivity index (χ3n) is 3.47. The first-order valence-corrected chi connectivity index (χ1v) is 8.38. The first kappa shape index (κ1) is 17.7. The van der Waals surface area contributed by atoms with Crippen LogP contribution in [0.2, 0.25) is 0 Å². The Kier molecular flexibility index (Phi) is 3.68. The van der Waals surface area contributed by atoms with E-state index >= 15 is 0 Å². The minimum atomic E-state index is -4.51. The smallest absolute Gasteiger partial charge is 0.434 e. The van der Waals surface area contributed by atoms with Crippen molar-refractivity contribution in [1.82, 2.24) is 4.31 Å². The highest BCUT2D eigenvalue weighted by Gasteiger charge is 2.63. The lowest BCUT2D eigenvalue weighted by Crippen LogP contribution is -2.51. The third-order valence-corrected chi connectivity index (χ3v) is 5.60. The Labute approximate surface area is 145 Å². The van der Waals surface area contributed by atoms with E-state index in [4.69, 9.17) is 11.6 Å². The lowest BCUT2D eigenvalue weighted by atomic mass is 10.2. The first-order chi connectivity index (χ1) is 11.4. The van der Waals surface area contributed by atoms with E-state index in [0.29, 0.717) is 4.31 Å². The fraction of sp³-hybridized carbons (Fsp3) is 0.417. The number of hydrogen-bond acceptors (Lipinski definition) is 6. The van der Waals surface area contributed by atoms with Gasteiger partial charge in [0.05, 0.1) is 11.4 Å². The summed E-state index contributed by atoms with van der Waals surface area (Å²) < 4.78 is 75.8. The summed E-state index contributed by atoms with van der Waals surface area (Å²) in [5.41, 5.74) is -0.101. The van der Waals surface area contributed by atoms with Gasteiger partial charge in [-0.2, -0.15) is 31.2 Å². The summed E-state index contributed by atoms with van der Waals surface area (Å²) in [6, 6.07) is 3.64. The Balaban J connectivity index is 2.15. The fourth-order valence-corrected chi connectivity index (χ4v) is 3.50. The van der Waals surface area contributed by atoms with Crippen LogP contribution in [0, 0.1) is 11.3 Å². The van der Waals surface area contributed by atoms with Crippen molar-refractivity contribution in [2.75, 3.05) is 23.7 Å². The molecule has 1 N–H and O–H groups in total. The van der Waals surface area contributed by atoms with Crippen LogP contribution in [0.25, 0.3) is 0 Å². The van der Waals surface area contributed by atoms with Gasteiger partial charge in [0.25, 0.3) is 0 Å². The summed E-state index contributed by atoms with van der Waals surface area (Å²) in [5.74, 6) is -1.10. The molecule has 136 valence electrons. The van der Waals surface area contributed by atoms with Gasteiger partial charge in [-0.3, -0.25) is 0 Å². The molecule has 2 aliphatic rings. The van der Waals surface area contributed by atoms with Gasteiger partial charge in [-0.05, 0) is 11.6 Å². The average molecular weight is 399 g/mol. The second-order valence-electron chi connectivity index (χ2n) is 5.32. The molecule has 2 unspecified atom stereocenters. The number of rotatable bonds is 2. The average Bonchev–Trinajstić information content (AvgIpc) is 2.83. The van der Waals surface area contributed by atoms with Crippen LogP contribution >= 0.6 is 11.6 Å². The molecular formula is C12H10ClF3N4O4S. The number of nitrogens with zero attached hydrogens (tertiary/aromatic N) is 3. The Morgan fingerprint density at radius 3 is 2.48 bits per heavy atom. The lowest BCUT2D eigenvalue weighted by Gasteiger charge is -2.33. The van der Waals surface area contributed by atoms with Crippen LogP contribution in [-0.2, 0) is 10.2 Å². The van der Waals surface area contributed by atoms with Gasteiger partial charge in [0.1, 0.15) is 6.07 Å². The number of alkyl halides is 4. The summed E-state index contributed by atoms with van der Waals surface area (Å²) in [6.45, 7) is 0. The van der Waals surface area contributed by atoms with E-state index in [1.807, 2.05) is 0 Å². The Hall–Kier alpha value is -2.10. The van der Waals surface area contributed by atoms with E-state index in [-0.39, 0.29) is 11.4 Å². The molecule has 1 aromatic rings. The quantitative estimate of drug-likeness (QED) is 0.763. The zero-order valence-corrected chi connectivity index (χ0v) is 14.2. The predicted octanol–water partition coefficient (Wildman–Crippen LogP) is 1.80. The maximum Gasteiger partial charge on any atom is 0.488 e. The number of nitrogens with one attached hydrogen (secondary N) is 1. The number of benzene rings is 1. The van der Waals surface area contributed by atoms with E-state index in [1.54, 1.807) is 6.07 Å². The van der Waals surface area contributed by atoms with Gasteiger partial charge in [0.2, 0.25) is 6.17 Å². The number of anilines is 2. The second-order valence-corrected chi connectivity index (χ2v) is 7.82. The second kappa shape index (κ2) is 5.20. The van der Waals surface area contributed by atoms with Gasteiger partial charge in [-0.25, -0.2) is 4.31 Å². The molecule has 3 rings (SSSR count). The van der Waals surface area contributed by atoms with Gasteiger partial charge >= 0.3 is 21.6 Å². The van der Waals surface area contributed by atoms with Crippen LogP contribution in [0.5, 0.6) is 11.5 Å². The van der Waals surface area contributed by atoms with Crippen molar-refractivity contribution in [3.05, 3.63) is 12.1 Å². The number of ether oxygens (including phenoxy) is 2. The summed E-state index contributed by atoms with van der Waals surface area (Å²) >= 11 is 4.99. The molecule has 13 heteroatoms. The van der Waals surface area contributed by atoms with Crippen molar-refractivity contribution < 1.29 is 31.1 Å². The third kappa shape index (κ3) is 2.50. The van der Waals surface area contributed by atoms with Gasteiger partial charge in [0.15, 0.2) is 11.5 Å². The molecule has 0 amide bonds. The Morgan fingerprint density at radius 2 is 1.92 bits per heavy atom. The van der Waals surface area contributed by atoms with E-state index < -0.39 is 39.3 Å². The van der Waals surface area contributed by atoms with Crippen molar-refractivity contribution in [2.45, 2.75) is 17.6 Å². The molecule has 0 saturated heterocycles. The van der Waals surface area contributed by atoms with E-state index in [9.17, 15) is 26.9 Å².